The third-order valence-corrected chi connectivity index (χ3v) is 2.78. The molecule has 1 aromatic heterocycles. The van der Waals surface area contributed by atoms with E-state index in [-0.39, 0.29) is 5.91 Å². The number of carbonyl (C=O) groups excluding carboxylic acids is 1. The largest absolute Gasteiger partial charge is 0.385 e. The van der Waals surface area contributed by atoms with Crippen molar-refractivity contribution in [3.05, 3.63) is 24.0 Å². The molecule has 1 aromatic rings. The van der Waals surface area contributed by atoms with Gasteiger partial charge in [0.25, 0.3) is 5.91 Å². The summed E-state index contributed by atoms with van der Waals surface area (Å²) in [5, 5.41) is 11.9. The summed E-state index contributed by atoms with van der Waals surface area (Å²) in [4.78, 5) is 18.4. The molecule has 0 atom stereocenters. The fraction of sp³-hybridized carbons (Fsp3) is 0.533. The first-order chi connectivity index (χ1) is 9.60. The normalized spacial score (nSPS) is 10.2. The molecule has 0 fully saturated rings. The van der Waals surface area contributed by atoms with Crippen LogP contribution in [-0.2, 0) is 0 Å². The SMILES string of the molecule is CCNc1ccncc1C(=O)N(CCC#N)CC(C)C. The maximum absolute atomic E-state index is 12.6. The lowest BCUT2D eigenvalue weighted by molar-refractivity contribution is 0.0740. The molecule has 5 nitrogen and oxygen atoms in total. The zero-order valence-corrected chi connectivity index (χ0v) is 12.4. The molecule has 5 heteroatoms. The van der Waals surface area contributed by atoms with Gasteiger partial charge in [0.15, 0.2) is 0 Å². The molecular weight excluding hydrogens is 252 g/mol. The predicted molar refractivity (Wildman–Crippen MR) is 79.4 cm³/mol. The Labute approximate surface area is 120 Å². The van der Waals surface area contributed by atoms with Crippen LogP contribution >= 0.6 is 0 Å². The molecule has 1 rings (SSSR count). The Hall–Kier alpha value is -2.09. The number of nitriles is 1. The monoisotopic (exact) mass is 274 g/mol. The Kier molecular flexibility index (Phi) is 6.51. The summed E-state index contributed by atoms with van der Waals surface area (Å²) in [6.07, 6.45) is 3.59. The van der Waals surface area contributed by atoms with Gasteiger partial charge in [-0.1, -0.05) is 13.8 Å². The molecule has 0 aliphatic rings. The molecule has 1 N–H and O–H groups in total. The van der Waals surface area contributed by atoms with Gasteiger partial charge in [0, 0.05) is 32.0 Å². The quantitative estimate of drug-likeness (QED) is 0.829. The van der Waals surface area contributed by atoms with Gasteiger partial charge in [-0.25, -0.2) is 0 Å². The van der Waals surface area contributed by atoms with E-state index in [1.54, 1.807) is 23.4 Å². The highest BCUT2D eigenvalue weighted by atomic mass is 16.2. The number of aromatic nitrogens is 1. The van der Waals surface area contributed by atoms with E-state index in [0.29, 0.717) is 31.0 Å². The Bertz CT molecular complexity index is 479. The Morgan fingerprint density at radius 1 is 1.55 bits per heavy atom. The second kappa shape index (κ2) is 8.16. The lowest BCUT2D eigenvalue weighted by atomic mass is 10.1. The molecule has 108 valence electrons. The van der Waals surface area contributed by atoms with Crippen molar-refractivity contribution in [2.45, 2.75) is 27.2 Å². The van der Waals surface area contributed by atoms with Gasteiger partial charge in [0.05, 0.1) is 23.7 Å². The van der Waals surface area contributed by atoms with Crippen LogP contribution in [-0.4, -0.2) is 35.4 Å². The average Bonchev–Trinajstić information content (AvgIpc) is 2.43. The molecule has 0 unspecified atom stereocenters. The standard InChI is InChI=1S/C15H22N4O/c1-4-18-14-6-8-17-10-13(14)15(20)19(9-5-7-16)11-12(2)3/h6,8,10,12H,4-5,9,11H2,1-3H3,(H,17,18). The Morgan fingerprint density at radius 3 is 2.90 bits per heavy atom. The molecule has 0 aliphatic carbocycles. The van der Waals surface area contributed by atoms with E-state index >= 15 is 0 Å². The molecule has 0 saturated carbocycles. The van der Waals surface area contributed by atoms with Crippen LogP contribution in [0.5, 0.6) is 0 Å². The fourth-order valence-corrected chi connectivity index (χ4v) is 1.98. The van der Waals surface area contributed by atoms with Crippen molar-refractivity contribution in [1.82, 2.24) is 9.88 Å². The molecule has 0 bridgehead atoms. The summed E-state index contributed by atoms with van der Waals surface area (Å²) < 4.78 is 0. The third-order valence-electron chi connectivity index (χ3n) is 2.78. The van der Waals surface area contributed by atoms with Crippen LogP contribution < -0.4 is 5.32 Å². The first-order valence-corrected chi connectivity index (χ1v) is 6.94. The lowest BCUT2D eigenvalue weighted by Gasteiger charge is -2.24. The Balaban J connectivity index is 2.96. The number of hydrogen-bond donors (Lipinski definition) is 1. The predicted octanol–water partition coefficient (Wildman–Crippen LogP) is 2.53. The molecule has 0 saturated heterocycles. The minimum atomic E-state index is -0.0713. The van der Waals surface area contributed by atoms with Crippen LogP contribution in [0.25, 0.3) is 0 Å². The van der Waals surface area contributed by atoms with Gasteiger partial charge in [0.2, 0.25) is 0 Å². The summed E-state index contributed by atoms with van der Waals surface area (Å²) in [7, 11) is 0. The average molecular weight is 274 g/mol. The van der Waals surface area contributed by atoms with Crippen LogP contribution in [0.3, 0.4) is 0 Å². The maximum atomic E-state index is 12.6. The van der Waals surface area contributed by atoms with Crippen molar-refractivity contribution in [1.29, 1.82) is 5.26 Å². The number of anilines is 1. The van der Waals surface area contributed by atoms with Gasteiger partial charge in [-0.15, -0.1) is 0 Å². The highest BCUT2D eigenvalue weighted by Gasteiger charge is 2.19. The van der Waals surface area contributed by atoms with E-state index in [1.807, 2.05) is 6.92 Å². The molecule has 20 heavy (non-hydrogen) atoms. The van der Waals surface area contributed by atoms with E-state index in [9.17, 15) is 4.79 Å². The summed E-state index contributed by atoms with van der Waals surface area (Å²) in [6, 6.07) is 3.89. The van der Waals surface area contributed by atoms with E-state index < -0.39 is 0 Å². The molecule has 0 spiro atoms. The van der Waals surface area contributed by atoms with Gasteiger partial charge in [0.1, 0.15) is 0 Å². The van der Waals surface area contributed by atoms with Crippen molar-refractivity contribution in [2.24, 2.45) is 5.92 Å². The van der Waals surface area contributed by atoms with Gasteiger partial charge in [-0.05, 0) is 18.9 Å². The maximum Gasteiger partial charge on any atom is 0.257 e. The second-order valence-corrected chi connectivity index (χ2v) is 5.00. The first-order valence-electron chi connectivity index (χ1n) is 6.94. The van der Waals surface area contributed by atoms with Crippen LogP contribution in [0, 0.1) is 17.2 Å². The molecule has 1 amide bonds. The number of carbonyl (C=O) groups is 1. The van der Waals surface area contributed by atoms with Gasteiger partial charge >= 0.3 is 0 Å². The highest BCUT2D eigenvalue weighted by Crippen LogP contribution is 2.17. The molecular formula is C15H22N4O. The molecule has 1 heterocycles. The Morgan fingerprint density at radius 2 is 2.30 bits per heavy atom. The van der Waals surface area contributed by atoms with Crippen molar-refractivity contribution < 1.29 is 4.79 Å². The number of nitrogens with one attached hydrogen (secondary N) is 1. The minimum absolute atomic E-state index is 0.0713. The van der Waals surface area contributed by atoms with Crippen LogP contribution in [0.4, 0.5) is 5.69 Å². The van der Waals surface area contributed by atoms with E-state index in [4.69, 9.17) is 5.26 Å². The number of nitrogens with zero attached hydrogens (tertiary/aromatic N) is 3. The summed E-state index contributed by atoms with van der Waals surface area (Å²) >= 11 is 0. The third kappa shape index (κ3) is 4.54. The summed E-state index contributed by atoms with van der Waals surface area (Å²) in [5.74, 6) is 0.287. The van der Waals surface area contributed by atoms with Gasteiger partial charge < -0.3 is 10.2 Å². The first kappa shape index (κ1) is 16.0. The topological polar surface area (TPSA) is 69.0 Å². The number of hydrogen-bond acceptors (Lipinski definition) is 4. The lowest BCUT2D eigenvalue weighted by Crippen LogP contribution is -2.35. The molecule has 0 aliphatic heterocycles. The van der Waals surface area contributed by atoms with E-state index in [2.05, 4.69) is 30.2 Å². The zero-order valence-electron chi connectivity index (χ0n) is 12.4. The van der Waals surface area contributed by atoms with E-state index in [0.717, 1.165) is 12.2 Å². The summed E-state index contributed by atoms with van der Waals surface area (Å²) in [6.45, 7) is 7.93. The summed E-state index contributed by atoms with van der Waals surface area (Å²) in [5.41, 5.74) is 1.35. The molecule has 0 radical (unpaired) electrons. The van der Waals surface area contributed by atoms with Crippen LogP contribution in [0.15, 0.2) is 18.5 Å². The van der Waals surface area contributed by atoms with Gasteiger partial charge in [-0.3, -0.25) is 9.78 Å². The number of pyridine rings is 1. The number of amides is 1. The van der Waals surface area contributed by atoms with Crippen LogP contribution in [0.2, 0.25) is 0 Å². The fourth-order valence-electron chi connectivity index (χ4n) is 1.98. The van der Waals surface area contributed by atoms with Gasteiger partial charge in [-0.2, -0.15) is 5.26 Å². The molecule has 0 aromatic carbocycles. The second-order valence-electron chi connectivity index (χ2n) is 5.00. The van der Waals surface area contributed by atoms with Crippen molar-refractivity contribution >= 4 is 11.6 Å². The number of rotatable bonds is 7. The smallest absolute Gasteiger partial charge is 0.257 e. The minimum Gasteiger partial charge on any atom is -0.385 e. The highest BCUT2D eigenvalue weighted by molar-refractivity contribution is 5.99. The van der Waals surface area contributed by atoms with Crippen LogP contribution in [0.1, 0.15) is 37.6 Å². The van der Waals surface area contributed by atoms with Crippen molar-refractivity contribution in [3.8, 4) is 6.07 Å². The van der Waals surface area contributed by atoms with E-state index in [1.165, 1.54) is 0 Å². The van der Waals surface area contributed by atoms with Crippen molar-refractivity contribution in [2.75, 3.05) is 25.0 Å². The zero-order chi connectivity index (χ0) is 15.0. The van der Waals surface area contributed by atoms with Crippen molar-refractivity contribution in [3.63, 3.8) is 0 Å².